The molecule has 3 heterocycles. The van der Waals surface area contributed by atoms with Gasteiger partial charge in [0.15, 0.2) is 11.5 Å². The van der Waals surface area contributed by atoms with E-state index in [2.05, 4.69) is 65.1 Å². The van der Waals surface area contributed by atoms with Gasteiger partial charge in [-0.1, -0.05) is 20.8 Å². The van der Waals surface area contributed by atoms with Crippen LogP contribution in [0.3, 0.4) is 0 Å². The number of halogens is 1. The van der Waals surface area contributed by atoms with E-state index in [4.69, 9.17) is 9.47 Å². The molecular weight excluding hydrogens is 412 g/mol. The summed E-state index contributed by atoms with van der Waals surface area (Å²) in [6.07, 6.45) is 6.65. The van der Waals surface area contributed by atoms with Crippen LogP contribution in [0, 0.1) is 0 Å². The van der Waals surface area contributed by atoms with Crippen LogP contribution in [-0.4, -0.2) is 40.8 Å². The van der Waals surface area contributed by atoms with Crippen LogP contribution in [0.25, 0.3) is 0 Å². The molecule has 1 atom stereocenters. The third-order valence-electron chi connectivity index (χ3n) is 5.84. The molecule has 2 aromatic heterocycles. The topological polar surface area (TPSA) is 63.3 Å². The van der Waals surface area contributed by atoms with Crippen molar-refractivity contribution in [3.63, 3.8) is 0 Å². The largest absolute Gasteiger partial charge is 0.493 e. The van der Waals surface area contributed by atoms with Crippen LogP contribution in [0.2, 0.25) is 0 Å². The van der Waals surface area contributed by atoms with Gasteiger partial charge >= 0.3 is 0 Å². The van der Waals surface area contributed by atoms with Gasteiger partial charge in [-0.2, -0.15) is 5.10 Å². The molecule has 31 heavy (non-hydrogen) atoms. The van der Waals surface area contributed by atoms with E-state index in [9.17, 15) is 0 Å². The molecule has 7 heteroatoms. The van der Waals surface area contributed by atoms with Crippen molar-refractivity contribution in [1.82, 2.24) is 20.1 Å². The zero-order valence-corrected chi connectivity index (χ0v) is 19.6. The molecule has 0 bridgehead atoms. The van der Waals surface area contributed by atoms with E-state index in [0.29, 0.717) is 0 Å². The van der Waals surface area contributed by atoms with Crippen molar-refractivity contribution in [1.29, 1.82) is 0 Å². The molecule has 0 radical (unpaired) electrons. The van der Waals surface area contributed by atoms with Gasteiger partial charge in [0.05, 0.1) is 26.5 Å². The van der Waals surface area contributed by atoms with Crippen molar-refractivity contribution in [2.24, 2.45) is 0 Å². The van der Waals surface area contributed by atoms with Crippen LogP contribution in [-0.2, 0) is 18.4 Å². The van der Waals surface area contributed by atoms with Gasteiger partial charge in [-0.3, -0.25) is 15.0 Å². The van der Waals surface area contributed by atoms with Crippen molar-refractivity contribution < 1.29 is 9.47 Å². The summed E-state index contributed by atoms with van der Waals surface area (Å²) < 4.78 is 11.2. The summed E-state index contributed by atoms with van der Waals surface area (Å²) in [6, 6.07) is 8.57. The number of fused-ring (bicyclic) bond motifs is 1. The molecule has 0 saturated heterocycles. The molecular formula is C24H31ClN4O2. The van der Waals surface area contributed by atoms with Gasteiger partial charge in [-0.05, 0) is 47.4 Å². The number of hydrogen-bond acceptors (Lipinski definition) is 5. The first-order valence-corrected chi connectivity index (χ1v) is 10.3. The Labute approximate surface area is 190 Å². The Morgan fingerprint density at radius 3 is 2.42 bits per heavy atom. The Hall–Kier alpha value is -2.57. The minimum atomic E-state index is 0. The monoisotopic (exact) mass is 442 g/mol. The number of nitrogens with zero attached hydrogens (tertiary/aromatic N) is 3. The number of aromatic amines is 1. The third kappa shape index (κ3) is 4.55. The number of aromatic nitrogens is 3. The highest BCUT2D eigenvalue weighted by Crippen LogP contribution is 2.41. The first kappa shape index (κ1) is 23.1. The number of nitrogens with one attached hydrogen (secondary N) is 1. The molecule has 0 saturated carbocycles. The van der Waals surface area contributed by atoms with Crippen LogP contribution >= 0.6 is 12.4 Å². The maximum absolute atomic E-state index is 5.62. The molecule has 0 amide bonds. The lowest BCUT2D eigenvalue weighted by Gasteiger charge is -2.38. The fourth-order valence-corrected chi connectivity index (χ4v) is 4.40. The first-order valence-electron chi connectivity index (χ1n) is 10.3. The highest BCUT2D eigenvalue weighted by molar-refractivity contribution is 5.85. The third-order valence-corrected chi connectivity index (χ3v) is 5.84. The van der Waals surface area contributed by atoms with Gasteiger partial charge < -0.3 is 9.47 Å². The lowest BCUT2D eigenvalue weighted by molar-refractivity contribution is 0.202. The number of pyridine rings is 1. The molecule has 1 aliphatic heterocycles. The fraction of sp³-hybridized carbons (Fsp3) is 0.417. The number of H-pyrrole nitrogens is 1. The molecule has 1 aromatic carbocycles. The van der Waals surface area contributed by atoms with Crippen molar-refractivity contribution in [2.45, 2.75) is 45.2 Å². The summed E-state index contributed by atoms with van der Waals surface area (Å²) >= 11 is 0. The van der Waals surface area contributed by atoms with Crippen LogP contribution < -0.4 is 9.47 Å². The highest BCUT2D eigenvalue weighted by Gasteiger charge is 2.32. The molecule has 4 rings (SSSR count). The molecule has 1 unspecified atom stereocenters. The second-order valence-corrected chi connectivity index (χ2v) is 8.83. The van der Waals surface area contributed by atoms with E-state index in [1.54, 1.807) is 14.2 Å². The quantitative estimate of drug-likeness (QED) is 0.621. The molecule has 166 valence electrons. The Balaban J connectivity index is 0.00000272. The number of methoxy groups -OCH3 is 2. The summed E-state index contributed by atoms with van der Waals surface area (Å²) in [4.78, 5) is 6.74. The minimum absolute atomic E-state index is 0. The summed E-state index contributed by atoms with van der Waals surface area (Å²) in [5.41, 5.74) is 6.22. The van der Waals surface area contributed by atoms with Gasteiger partial charge in [0.2, 0.25) is 0 Å². The number of ether oxygens (including phenoxy) is 2. The van der Waals surface area contributed by atoms with E-state index >= 15 is 0 Å². The smallest absolute Gasteiger partial charge is 0.161 e. The van der Waals surface area contributed by atoms with Crippen LogP contribution in [0.15, 0.2) is 42.9 Å². The Morgan fingerprint density at radius 1 is 1.10 bits per heavy atom. The van der Waals surface area contributed by atoms with E-state index in [1.165, 1.54) is 27.9 Å². The second-order valence-electron chi connectivity index (χ2n) is 8.83. The average Bonchev–Trinajstić information content (AvgIpc) is 3.22. The summed E-state index contributed by atoms with van der Waals surface area (Å²) in [5, 5.41) is 7.57. The normalized spacial score (nSPS) is 16.4. The predicted molar refractivity (Wildman–Crippen MR) is 124 cm³/mol. The van der Waals surface area contributed by atoms with Gasteiger partial charge in [-0.25, -0.2) is 0 Å². The maximum Gasteiger partial charge on any atom is 0.161 e. The molecule has 0 aliphatic carbocycles. The fourth-order valence-electron chi connectivity index (χ4n) is 4.40. The number of hydrogen-bond donors (Lipinski definition) is 1. The molecule has 1 aliphatic rings. The van der Waals surface area contributed by atoms with E-state index < -0.39 is 0 Å². The average molecular weight is 443 g/mol. The van der Waals surface area contributed by atoms with Crippen molar-refractivity contribution in [3.8, 4) is 11.5 Å². The summed E-state index contributed by atoms with van der Waals surface area (Å²) in [5.74, 6) is 1.54. The van der Waals surface area contributed by atoms with E-state index in [1.807, 2.05) is 18.6 Å². The van der Waals surface area contributed by atoms with Crippen molar-refractivity contribution in [2.75, 3.05) is 20.8 Å². The van der Waals surface area contributed by atoms with Gasteiger partial charge in [0, 0.05) is 42.2 Å². The minimum Gasteiger partial charge on any atom is -0.493 e. The molecule has 6 nitrogen and oxygen atoms in total. The zero-order valence-electron chi connectivity index (χ0n) is 18.8. The molecule has 0 fully saturated rings. The molecule has 0 spiro atoms. The van der Waals surface area contributed by atoms with Gasteiger partial charge in [-0.15, -0.1) is 12.4 Å². The standard InChI is InChI=1S/C24H30N4O2.ClH/c1-24(2,3)23-18(14-26-27-23)15-28-11-8-17-12-20(29-4)21(30-5)13-19(17)22(28)16-6-9-25-10-7-16;/h6-7,9-10,12-14,22H,8,11,15H2,1-5H3,(H,26,27);1H. The SMILES string of the molecule is COc1cc2c(cc1OC)C(c1ccncc1)N(Cc1cn[nH]c1C(C)(C)C)CC2.Cl. The Morgan fingerprint density at radius 2 is 1.77 bits per heavy atom. The van der Waals surface area contributed by atoms with Crippen molar-refractivity contribution >= 4 is 12.4 Å². The number of benzene rings is 1. The Kier molecular flexibility index (Phi) is 6.92. The summed E-state index contributed by atoms with van der Waals surface area (Å²) in [6.45, 7) is 8.42. The molecule has 3 aromatic rings. The number of rotatable bonds is 5. The van der Waals surface area contributed by atoms with Crippen LogP contribution in [0.5, 0.6) is 11.5 Å². The maximum atomic E-state index is 5.62. The Bertz CT molecular complexity index is 1010. The highest BCUT2D eigenvalue weighted by atomic mass is 35.5. The van der Waals surface area contributed by atoms with Crippen molar-refractivity contribution in [3.05, 3.63) is 70.8 Å². The van der Waals surface area contributed by atoms with E-state index in [0.717, 1.165) is 31.0 Å². The van der Waals surface area contributed by atoms with E-state index in [-0.39, 0.29) is 23.9 Å². The summed E-state index contributed by atoms with van der Waals surface area (Å²) in [7, 11) is 3.38. The first-order chi connectivity index (χ1) is 14.4. The molecule has 1 N–H and O–H groups in total. The lowest BCUT2D eigenvalue weighted by atomic mass is 9.86. The zero-order chi connectivity index (χ0) is 21.3. The van der Waals surface area contributed by atoms with Gasteiger partial charge in [0.25, 0.3) is 0 Å². The predicted octanol–water partition coefficient (Wildman–Crippen LogP) is 4.69. The lowest BCUT2D eigenvalue weighted by Crippen LogP contribution is -2.36. The van der Waals surface area contributed by atoms with Gasteiger partial charge in [0.1, 0.15) is 0 Å². The van der Waals surface area contributed by atoms with Crippen LogP contribution in [0.1, 0.15) is 54.8 Å². The van der Waals surface area contributed by atoms with Crippen LogP contribution in [0.4, 0.5) is 0 Å². The second kappa shape index (κ2) is 9.28.